The van der Waals surface area contributed by atoms with E-state index in [0.717, 1.165) is 30.8 Å². The molecule has 0 N–H and O–H groups in total. The second-order valence-corrected chi connectivity index (χ2v) is 17.7. The topological polar surface area (TPSA) is 53.4 Å². The molecule has 2 bridgehead atoms. The third kappa shape index (κ3) is 3.62. The zero-order chi connectivity index (χ0) is 29.2. The van der Waals surface area contributed by atoms with E-state index in [0.29, 0.717) is 39.1 Å². The van der Waals surface area contributed by atoms with Gasteiger partial charge in [0, 0.05) is 17.8 Å². The van der Waals surface area contributed by atoms with Gasteiger partial charge < -0.3 is 14.0 Å². The Hall–Kier alpha value is -1.36. The predicted molar refractivity (Wildman–Crippen MR) is 161 cm³/mol. The fraction of sp³-hybridized carbons (Fsp3) is 0.889. The Balaban J connectivity index is 1.15. The van der Waals surface area contributed by atoms with Crippen LogP contribution in [0.25, 0.3) is 0 Å². The highest BCUT2D eigenvalue weighted by molar-refractivity contribution is 5.74. The zero-order valence-electron chi connectivity index (χ0n) is 27.2. The lowest BCUT2D eigenvalue weighted by molar-refractivity contribution is -0.254. The molecule has 6 aliphatic rings. The smallest absolute Gasteiger partial charge is 0.329 e. The van der Waals surface area contributed by atoms with E-state index >= 15 is 0 Å². The van der Waals surface area contributed by atoms with Crippen LogP contribution < -0.4 is 0 Å². The quantitative estimate of drug-likeness (QED) is 0.347. The molecule has 41 heavy (non-hydrogen) atoms. The number of nitrogens with zero attached hydrogens (tertiary/aromatic N) is 2. The Labute approximate surface area is 248 Å². The molecule has 0 aromatic carbocycles. The van der Waals surface area contributed by atoms with Gasteiger partial charge in [0.25, 0.3) is 0 Å². The minimum Gasteiger partial charge on any atom is -0.460 e. The van der Waals surface area contributed by atoms with Crippen LogP contribution in [-0.2, 0) is 14.3 Å². The first kappa shape index (κ1) is 28.4. The third-order valence-electron chi connectivity index (χ3n) is 15.6. The normalized spacial score (nSPS) is 50.0. The lowest BCUT2D eigenvalue weighted by Gasteiger charge is -2.73. The maximum absolute atomic E-state index is 13.3. The molecule has 1 saturated heterocycles. The van der Waals surface area contributed by atoms with Gasteiger partial charge in [0.05, 0.1) is 19.0 Å². The number of fused-ring (bicyclic) bond motifs is 5. The van der Waals surface area contributed by atoms with Gasteiger partial charge in [-0.2, -0.15) is 0 Å². The lowest BCUT2D eigenvalue weighted by Crippen LogP contribution is -2.68. The fourth-order valence-corrected chi connectivity index (χ4v) is 13.0. The van der Waals surface area contributed by atoms with Crippen molar-refractivity contribution in [2.75, 3.05) is 6.61 Å². The van der Waals surface area contributed by atoms with Crippen LogP contribution in [0.1, 0.15) is 126 Å². The summed E-state index contributed by atoms with van der Waals surface area (Å²) in [5, 5.41) is 0. The van der Waals surface area contributed by atoms with Crippen LogP contribution in [0.3, 0.4) is 0 Å². The molecule has 1 aromatic rings. The number of rotatable bonds is 3. The van der Waals surface area contributed by atoms with Crippen molar-refractivity contribution in [1.29, 1.82) is 0 Å². The van der Waals surface area contributed by atoms with Crippen molar-refractivity contribution < 1.29 is 14.3 Å². The lowest BCUT2D eigenvalue weighted by atomic mass is 9.31. The first-order chi connectivity index (χ1) is 19.2. The van der Waals surface area contributed by atoms with Crippen LogP contribution >= 0.6 is 0 Å². The Morgan fingerprint density at radius 2 is 1.66 bits per heavy atom. The zero-order valence-corrected chi connectivity index (χ0v) is 27.2. The summed E-state index contributed by atoms with van der Waals surface area (Å²) in [7, 11) is 0. The summed E-state index contributed by atoms with van der Waals surface area (Å²) in [6.45, 7) is 20.9. The molecule has 1 aliphatic heterocycles. The van der Waals surface area contributed by atoms with E-state index in [-0.39, 0.29) is 23.5 Å². The molecule has 5 nitrogen and oxygen atoms in total. The molecule has 0 amide bonds. The number of carbonyl (C=O) groups is 1. The first-order valence-corrected chi connectivity index (χ1v) is 17.0. The number of ether oxygens (including phenoxy) is 2. The number of aromatic nitrogens is 2. The van der Waals surface area contributed by atoms with E-state index in [1.54, 1.807) is 12.5 Å². The molecule has 7 rings (SSSR count). The second kappa shape index (κ2) is 8.85. The van der Waals surface area contributed by atoms with Crippen LogP contribution in [0.15, 0.2) is 18.7 Å². The number of carbonyl (C=O) groups excluding carboxylic acids is 1. The van der Waals surface area contributed by atoms with Crippen LogP contribution in [0.2, 0.25) is 0 Å². The largest absolute Gasteiger partial charge is 0.460 e. The standard InChI is InChI=1S/C36H56N2O3/c1-23(38-20-19-37-22-38)30(39)41-27-12-13-33(6)25(32(27,4)5)11-14-35(8)26(33)10-9-24-28-29-31(2,3)15-17-36(28,21-40-29)18-16-34(24,35)7/h19-20,22-29H,9-18,21H2,1-8H3/t23?,24-,25+,26-,27?,28+,29-,33+,34-,35-,36-/m1/s1. The highest BCUT2D eigenvalue weighted by atomic mass is 16.5. The molecule has 2 heterocycles. The van der Waals surface area contributed by atoms with Gasteiger partial charge in [0.2, 0.25) is 0 Å². The van der Waals surface area contributed by atoms with Gasteiger partial charge in [-0.25, -0.2) is 9.78 Å². The van der Waals surface area contributed by atoms with Crippen molar-refractivity contribution in [2.45, 2.75) is 138 Å². The summed E-state index contributed by atoms with van der Waals surface area (Å²) in [5.74, 6) is 2.73. The highest BCUT2D eigenvalue weighted by Crippen LogP contribution is 2.78. The number of hydrogen-bond donors (Lipinski definition) is 0. The van der Waals surface area contributed by atoms with Crippen LogP contribution in [-0.4, -0.2) is 34.3 Å². The highest BCUT2D eigenvalue weighted by Gasteiger charge is 2.73. The SMILES string of the molecule is CC(C(=O)OC1CC[C@]2(C)[C@H]3CC[C@@H]4[C@H]5[C@H]6OC[C@@]5(CCC6(C)C)CC[C@@]4(C)[C@]3(C)CC[C@H]2C1(C)C)n1ccnc1. The molecule has 228 valence electrons. The van der Waals surface area contributed by atoms with Crippen molar-refractivity contribution >= 4 is 5.97 Å². The van der Waals surface area contributed by atoms with Crippen LogP contribution in [0.5, 0.6) is 0 Å². The van der Waals surface area contributed by atoms with Crippen molar-refractivity contribution in [3.8, 4) is 0 Å². The predicted octanol–water partition coefficient (Wildman–Crippen LogP) is 8.25. The van der Waals surface area contributed by atoms with Gasteiger partial charge in [-0.1, -0.05) is 48.5 Å². The maximum Gasteiger partial charge on any atom is 0.329 e. The van der Waals surface area contributed by atoms with Gasteiger partial charge >= 0.3 is 5.97 Å². The van der Waals surface area contributed by atoms with Gasteiger partial charge in [-0.15, -0.1) is 0 Å². The van der Waals surface area contributed by atoms with E-state index in [2.05, 4.69) is 53.5 Å². The average molecular weight is 565 g/mol. The molecule has 1 aromatic heterocycles. The Kier molecular flexibility index (Phi) is 6.13. The number of esters is 1. The van der Waals surface area contributed by atoms with Gasteiger partial charge in [-0.05, 0) is 122 Å². The van der Waals surface area contributed by atoms with Gasteiger partial charge in [0.15, 0.2) is 0 Å². The molecule has 5 heteroatoms. The maximum atomic E-state index is 13.3. The molecule has 5 saturated carbocycles. The van der Waals surface area contributed by atoms with Crippen LogP contribution in [0.4, 0.5) is 0 Å². The fourth-order valence-electron chi connectivity index (χ4n) is 13.0. The van der Waals surface area contributed by atoms with E-state index in [9.17, 15) is 4.79 Å². The third-order valence-corrected chi connectivity index (χ3v) is 15.6. The van der Waals surface area contributed by atoms with Crippen LogP contribution in [0, 0.1) is 56.2 Å². The molecular weight excluding hydrogens is 508 g/mol. The average Bonchev–Trinajstić information content (AvgIpc) is 3.56. The minimum absolute atomic E-state index is 0.0258. The summed E-state index contributed by atoms with van der Waals surface area (Å²) in [4.78, 5) is 17.4. The van der Waals surface area contributed by atoms with Crippen molar-refractivity contribution in [2.24, 2.45) is 56.2 Å². The summed E-state index contributed by atoms with van der Waals surface area (Å²) in [6.07, 6.45) is 18.6. The van der Waals surface area contributed by atoms with Crippen molar-refractivity contribution in [3.05, 3.63) is 18.7 Å². The molecular formula is C36H56N2O3. The molecule has 11 atom stereocenters. The van der Waals surface area contributed by atoms with E-state index < -0.39 is 0 Å². The summed E-state index contributed by atoms with van der Waals surface area (Å²) in [5.41, 5.74) is 1.75. The van der Waals surface area contributed by atoms with Gasteiger partial charge in [0.1, 0.15) is 12.1 Å². The summed E-state index contributed by atoms with van der Waals surface area (Å²) < 4.78 is 15.0. The Bertz CT molecular complexity index is 1190. The Morgan fingerprint density at radius 1 is 0.902 bits per heavy atom. The number of imidazole rings is 1. The second-order valence-electron chi connectivity index (χ2n) is 17.7. The van der Waals surface area contributed by atoms with E-state index in [1.165, 1.54) is 57.8 Å². The monoisotopic (exact) mass is 564 g/mol. The molecule has 6 fully saturated rings. The number of hydrogen-bond acceptors (Lipinski definition) is 4. The van der Waals surface area contributed by atoms with Crippen molar-refractivity contribution in [3.63, 3.8) is 0 Å². The molecule has 0 spiro atoms. The molecule has 5 aliphatic carbocycles. The van der Waals surface area contributed by atoms with E-state index in [1.807, 2.05) is 17.7 Å². The first-order valence-electron chi connectivity index (χ1n) is 17.0. The minimum atomic E-state index is -0.342. The van der Waals surface area contributed by atoms with Crippen molar-refractivity contribution in [1.82, 2.24) is 9.55 Å². The van der Waals surface area contributed by atoms with E-state index in [4.69, 9.17) is 9.47 Å². The molecule has 2 unspecified atom stereocenters. The molecule has 0 radical (unpaired) electrons. The van der Waals surface area contributed by atoms with Gasteiger partial charge in [-0.3, -0.25) is 0 Å². The summed E-state index contributed by atoms with van der Waals surface area (Å²) >= 11 is 0. The summed E-state index contributed by atoms with van der Waals surface area (Å²) in [6, 6.07) is -0.342. The Morgan fingerprint density at radius 3 is 2.39 bits per heavy atom.